The van der Waals surface area contributed by atoms with Crippen LogP contribution in [0.25, 0.3) is 0 Å². The normalized spacial score (nSPS) is 20.1. The fourth-order valence-electron chi connectivity index (χ4n) is 2.08. The summed E-state index contributed by atoms with van der Waals surface area (Å²) in [6.07, 6.45) is 2.46. The van der Waals surface area contributed by atoms with E-state index in [1.807, 2.05) is 18.2 Å². The lowest BCUT2D eigenvalue weighted by Crippen LogP contribution is -2.38. The molecule has 2 rings (SSSR count). The number of anilines is 1. The van der Waals surface area contributed by atoms with Crippen molar-refractivity contribution in [3.05, 3.63) is 23.4 Å². The number of rotatable bonds is 1. The minimum absolute atomic E-state index is 0.220. The van der Waals surface area contributed by atoms with Crippen molar-refractivity contribution in [2.24, 2.45) is 0 Å². The van der Waals surface area contributed by atoms with Crippen LogP contribution in [0.4, 0.5) is 5.82 Å². The smallest absolute Gasteiger partial charge is 0.131 e. The Balaban J connectivity index is 2.31. The first-order valence-corrected chi connectivity index (χ1v) is 5.38. The summed E-state index contributed by atoms with van der Waals surface area (Å²) >= 11 is 5.88. The Kier molecular flexibility index (Phi) is 2.40. The van der Waals surface area contributed by atoms with Crippen LogP contribution in [-0.4, -0.2) is 17.1 Å². The second-order valence-electron chi connectivity index (χ2n) is 4.39. The molecule has 0 radical (unpaired) electrons. The van der Waals surface area contributed by atoms with E-state index in [-0.39, 0.29) is 5.54 Å². The Morgan fingerprint density at radius 3 is 2.79 bits per heavy atom. The maximum absolute atomic E-state index is 5.88. The van der Waals surface area contributed by atoms with E-state index >= 15 is 0 Å². The highest BCUT2D eigenvalue weighted by Gasteiger charge is 2.32. The minimum Gasteiger partial charge on any atom is -0.351 e. The molecule has 76 valence electrons. The van der Waals surface area contributed by atoms with Crippen LogP contribution in [0.5, 0.6) is 0 Å². The van der Waals surface area contributed by atoms with Crippen LogP contribution in [0.15, 0.2) is 18.2 Å². The van der Waals surface area contributed by atoms with Crippen LogP contribution in [0.2, 0.25) is 5.15 Å². The lowest BCUT2D eigenvalue weighted by atomic mass is 10.0. The average Bonchev–Trinajstić information content (AvgIpc) is 2.45. The van der Waals surface area contributed by atoms with Crippen LogP contribution in [0.3, 0.4) is 0 Å². The highest BCUT2D eigenvalue weighted by atomic mass is 35.5. The van der Waals surface area contributed by atoms with E-state index in [0.717, 1.165) is 12.4 Å². The van der Waals surface area contributed by atoms with Gasteiger partial charge in [-0.2, -0.15) is 0 Å². The number of halogens is 1. The third-order valence-corrected chi connectivity index (χ3v) is 3.09. The summed E-state index contributed by atoms with van der Waals surface area (Å²) in [5.41, 5.74) is 0.220. The average molecular weight is 211 g/mol. The third-order valence-electron chi connectivity index (χ3n) is 2.88. The van der Waals surface area contributed by atoms with Gasteiger partial charge in [0.1, 0.15) is 11.0 Å². The Labute approximate surface area is 89.9 Å². The van der Waals surface area contributed by atoms with Crippen LogP contribution in [-0.2, 0) is 0 Å². The van der Waals surface area contributed by atoms with E-state index in [9.17, 15) is 0 Å². The number of hydrogen-bond acceptors (Lipinski definition) is 2. The quantitative estimate of drug-likeness (QED) is 0.663. The molecule has 1 aliphatic heterocycles. The predicted octanol–water partition coefficient (Wildman–Crippen LogP) is 3.11. The van der Waals surface area contributed by atoms with Crippen molar-refractivity contribution in [3.63, 3.8) is 0 Å². The topological polar surface area (TPSA) is 16.1 Å². The van der Waals surface area contributed by atoms with Gasteiger partial charge in [0.05, 0.1) is 0 Å². The zero-order chi connectivity index (χ0) is 10.2. The molecule has 0 aliphatic carbocycles. The largest absolute Gasteiger partial charge is 0.351 e. The molecule has 1 aromatic rings. The van der Waals surface area contributed by atoms with Crippen molar-refractivity contribution in [2.45, 2.75) is 32.2 Å². The number of pyridine rings is 1. The van der Waals surface area contributed by atoms with E-state index in [1.165, 1.54) is 12.8 Å². The molecule has 0 spiro atoms. The first-order chi connectivity index (χ1) is 6.59. The molecular formula is C11H15ClN2. The van der Waals surface area contributed by atoms with E-state index in [2.05, 4.69) is 23.7 Å². The molecule has 14 heavy (non-hydrogen) atoms. The van der Waals surface area contributed by atoms with E-state index in [4.69, 9.17) is 11.6 Å². The summed E-state index contributed by atoms with van der Waals surface area (Å²) in [5.74, 6) is 1.00. The third kappa shape index (κ3) is 1.71. The van der Waals surface area contributed by atoms with Gasteiger partial charge in [-0.3, -0.25) is 0 Å². The Hall–Kier alpha value is -0.760. The van der Waals surface area contributed by atoms with Gasteiger partial charge < -0.3 is 4.90 Å². The second kappa shape index (κ2) is 3.43. The van der Waals surface area contributed by atoms with Gasteiger partial charge in [-0.25, -0.2) is 4.98 Å². The van der Waals surface area contributed by atoms with Gasteiger partial charge in [-0.15, -0.1) is 0 Å². The van der Waals surface area contributed by atoms with E-state index in [1.54, 1.807) is 0 Å². The summed E-state index contributed by atoms with van der Waals surface area (Å²) in [6.45, 7) is 5.59. The number of hydrogen-bond donors (Lipinski definition) is 0. The summed E-state index contributed by atoms with van der Waals surface area (Å²) in [6, 6.07) is 5.80. The molecule has 1 fully saturated rings. The van der Waals surface area contributed by atoms with Gasteiger partial charge in [0.2, 0.25) is 0 Å². The van der Waals surface area contributed by atoms with Crippen LogP contribution >= 0.6 is 11.6 Å². The number of nitrogens with zero attached hydrogens (tertiary/aromatic N) is 2. The minimum atomic E-state index is 0.220. The summed E-state index contributed by atoms with van der Waals surface area (Å²) in [4.78, 5) is 6.67. The van der Waals surface area contributed by atoms with Gasteiger partial charge in [0.15, 0.2) is 0 Å². The van der Waals surface area contributed by atoms with Crippen molar-refractivity contribution in [3.8, 4) is 0 Å². The van der Waals surface area contributed by atoms with Crippen LogP contribution in [0, 0.1) is 0 Å². The Morgan fingerprint density at radius 1 is 1.43 bits per heavy atom. The van der Waals surface area contributed by atoms with Gasteiger partial charge in [0.25, 0.3) is 0 Å². The molecule has 1 saturated heterocycles. The van der Waals surface area contributed by atoms with Gasteiger partial charge in [0, 0.05) is 12.1 Å². The molecule has 2 nitrogen and oxygen atoms in total. The first kappa shape index (κ1) is 9.78. The number of aromatic nitrogens is 1. The SMILES string of the molecule is CC1(C)CCCN1c1cccc(Cl)n1. The summed E-state index contributed by atoms with van der Waals surface area (Å²) in [7, 11) is 0. The Morgan fingerprint density at radius 2 is 2.21 bits per heavy atom. The predicted molar refractivity (Wildman–Crippen MR) is 59.9 cm³/mol. The zero-order valence-electron chi connectivity index (χ0n) is 8.63. The molecule has 2 heterocycles. The van der Waals surface area contributed by atoms with Crippen molar-refractivity contribution >= 4 is 17.4 Å². The molecular weight excluding hydrogens is 196 g/mol. The lowest BCUT2D eigenvalue weighted by Gasteiger charge is -2.32. The standard InChI is InChI=1S/C11H15ClN2/c1-11(2)7-4-8-14(11)10-6-3-5-9(12)13-10/h3,5-6H,4,7-8H2,1-2H3. The highest BCUT2D eigenvalue weighted by Crippen LogP contribution is 2.32. The maximum atomic E-state index is 5.88. The molecule has 0 saturated carbocycles. The fraction of sp³-hybridized carbons (Fsp3) is 0.545. The summed E-state index contributed by atoms with van der Waals surface area (Å²) < 4.78 is 0. The molecule has 0 amide bonds. The van der Waals surface area contributed by atoms with Crippen molar-refractivity contribution in [1.29, 1.82) is 0 Å². The Bertz CT molecular complexity index is 336. The second-order valence-corrected chi connectivity index (χ2v) is 4.77. The van der Waals surface area contributed by atoms with Crippen molar-refractivity contribution < 1.29 is 0 Å². The lowest BCUT2D eigenvalue weighted by molar-refractivity contribution is 0.514. The summed E-state index contributed by atoms with van der Waals surface area (Å²) in [5, 5.41) is 0.574. The van der Waals surface area contributed by atoms with E-state index in [0.29, 0.717) is 5.15 Å². The van der Waals surface area contributed by atoms with Crippen LogP contribution < -0.4 is 4.90 Å². The molecule has 0 N–H and O–H groups in total. The molecule has 0 bridgehead atoms. The maximum Gasteiger partial charge on any atom is 0.131 e. The molecule has 0 unspecified atom stereocenters. The van der Waals surface area contributed by atoms with Gasteiger partial charge in [-0.05, 0) is 38.8 Å². The van der Waals surface area contributed by atoms with E-state index < -0.39 is 0 Å². The molecule has 0 aromatic carbocycles. The van der Waals surface area contributed by atoms with Crippen LogP contribution in [0.1, 0.15) is 26.7 Å². The molecule has 1 aliphatic rings. The van der Waals surface area contributed by atoms with Gasteiger partial charge >= 0.3 is 0 Å². The highest BCUT2D eigenvalue weighted by molar-refractivity contribution is 6.29. The zero-order valence-corrected chi connectivity index (χ0v) is 9.38. The fourth-order valence-corrected chi connectivity index (χ4v) is 2.24. The van der Waals surface area contributed by atoms with Crippen molar-refractivity contribution in [1.82, 2.24) is 4.98 Å². The molecule has 0 atom stereocenters. The molecule has 3 heteroatoms. The van der Waals surface area contributed by atoms with Gasteiger partial charge in [-0.1, -0.05) is 17.7 Å². The molecule has 1 aromatic heterocycles. The first-order valence-electron chi connectivity index (χ1n) is 5.00. The monoisotopic (exact) mass is 210 g/mol. The van der Waals surface area contributed by atoms with Crippen molar-refractivity contribution in [2.75, 3.05) is 11.4 Å².